The Morgan fingerprint density at radius 3 is 1.94 bits per heavy atom. The normalized spacial score (nSPS) is 14.2. The van der Waals surface area contributed by atoms with E-state index in [1.54, 1.807) is 0 Å². The third-order valence-corrected chi connectivity index (χ3v) is 3.08. The van der Waals surface area contributed by atoms with Crippen LogP contribution in [-0.2, 0) is 6.42 Å². The minimum Gasteiger partial charge on any atom is -0.392 e. The first-order valence-electron chi connectivity index (χ1n) is 6.07. The molecule has 0 aliphatic rings. The fraction of sp³-hybridized carbons (Fsp3) is 0.600. The molecule has 1 aromatic rings. The second-order valence-electron chi connectivity index (χ2n) is 5.98. The molecule has 0 bridgehead atoms. The Labute approximate surface area is 99.5 Å². The predicted octanol–water partition coefficient (Wildman–Crippen LogP) is 3.76. The molecule has 0 saturated carbocycles. The van der Waals surface area contributed by atoms with Crippen LogP contribution in [0, 0.1) is 5.41 Å². The fourth-order valence-corrected chi connectivity index (χ4v) is 1.57. The van der Waals surface area contributed by atoms with E-state index in [1.807, 2.05) is 0 Å². The lowest BCUT2D eigenvalue weighted by Gasteiger charge is -2.25. The van der Waals surface area contributed by atoms with Crippen LogP contribution in [0.4, 0.5) is 0 Å². The molecule has 0 aliphatic carbocycles. The first kappa shape index (κ1) is 13.2. The molecule has 0 radical (unpaired) electrons. The Morgan fingerprint density at radius 1 is 1.06 bits per heavy atom. The minimum absolute atomic E-state index is 0.0449. The van der Waals surface area contributed by atoms with Crippen LogP contribution in [0.1, 0.15) is 51.7 Å². The van der Waals surface area contributed by atoms with Crippen LogP contribution in [-0.4, -0.2) is 11.2 Å². The van der Waals surface area contributed by atoms with Gasteiger partial charge in [0.15, 0.2) is 0 Å². The first-order chi connectivity index (χ1) is 7.30. The summed E-state index contributed by atoms with van der Waals surface area (Å²) in [5.41, 5.74) is 2.53. The molecular formula is C15H24O. The highest BCUT2D eigenvalue weighted by Crippen LogP contribution is 2.23. The molecule has 1 N–H and O–H groups in total. The molecule has 1 atom stereocenters. The molecule has 1 rings (SSSR count). The summed E-state index contributed by atoms with van der Waals surface area (Å²) < 4.78 is 0. The molecule has 16 heavy (non-hydrogen) atoms. The zero-order valence-corrected chi connectivity index (χ0v) is 11.1. The average molecular weight is 220 g/mol. The van der Waals surface area contributed by atoms with Gasteiger partial charge in [-0.2, -0.15) is 0 Å². The molecule has 0 amide bonds. The molecule has 1 unspecified atom stereocenters. The van der Waals surface area contributed by atoms with Gasteiger partial charge in [0, 0.05) is 0 Å². The smallest absolute Gasteiger partial charge is 0.0628 e. The van der Waals surface area contributed by atoms with Gasteiger partial charge in [0.05, 0.1) is 6.10 Å². The topological polar surface area (TPSA) is 20.2 Å². The lowest BCUT2D eigenvalue weighted by Crippen LogP contribution is -2.28. The van der Waals surface area contributed by atoms with Crippen molar-refractivity contribution in [2.75, 3.05) is 0 Å². The molecule has 0 heterocycles. The largest absolute Gasteiger partial charge is 0.392 e. The maximum Gasteiger partial charge on any atom is 0.0628 e. The molecule has 1 heteroatoms. The van der Waals surface area contributed by atoms with Gasteiger partial charge < -0.3 is 5.11 Å². The van der Waals surface area contributed by atoms with E-state index >= 15 is 0 Å². The van der Waals surface area contributed by atoms with E-state index in [0.717, 1.165) is 6.42 Å². The van der Waals surface area contributed by atoms with Crippen molar-refractivity contribution < 1.29 is 5.11 Å². The minimum atomic E-state index is -0.280. The van der Waals surface area contributed by atoms with Gasteiger partial charge in [-0.3, -0.25) is 0 Å². The van der Waals surface area contributed by atoms with Crippen LogP contribution >= 0.6 is 0 Å². The highest BCUT2D eigenvalue weighted by molar-refractivity contribution is 5.25. The van der Waals surface area contributed by atoms with Crippen molar-refractivity contribution in [1.82, 2.24) is 0 Å². The van der Waals surface area contributed by atoms with E-state index in [2.05, 4.69) is 58.9 Å². The SMILES string of the molecule is CC(C)c1ccc(CC(O)C(C)(C)C)cc1. The summed E-state index contributed by atoms with van der Waals surface area (Å²) >= 11 is 0. The van der Waals surface area contributed by atoms with E-state index < -0.39 is 0 Å². The molecule has 0 spiro atoms. The zero-order valence-electron chi connectivity index (χ0n) is 11.1. The molecule has 0 aromatic heterocycles. The highest BCUT2D eigenvalue weighted by atomic mass is 16.3. The van der Waals surface area contributed by atoms with E-state index in [0.29, 0.717) is 5.92 Å². The van der Waals surface area contributed by atoms with Gasteiger partial charge in [0.2, 0.25) is 0 Å². The Balaban J connectivity index is 2.69. The highest BCUT2D eigenvalue weighted by Gasteiger charge is 2.21. The summed E-state index contributed by atoms with van der Waals surface area (Å²) in [7, 11) is 0. The standard InChI is InChI=1S/C15H24O/c1-11(2)13-8-6-12(7-9-13)10-14(16)15(3,4)5/h6-9,11,14,16H,10H2,1-5H3. The van der Waals surface area contributed by atoms with Crippen LogP contribution in [0.3, 0.4) is 0 Å². The monoisotopic (exact) mass is 220 g/mol. The molecule has 90 valence electrons. The third kappa shape index (κ3) is 3.64. The maximum absolute atomic E-state index is 10.0. The van der Waals surface area contributed by atoms with Crippen molar-refractivity contribution >= 4 is 0 Å². The third-order valence-electron chi connectivity index (χ3n) is 3.08. The van der Waals surface area contributed by atoms with Crippen LogP contribution in [0.2, 0.25) is 0 Å². The molecule has 0 aliphatic heterocycles. The second-order valence-corrected chi connectivity index (χ2v) is 5.98. The van der Waals surface area contributed by atoms with Crippen LogP contribution in [0.15, 0.2) is 24.3 Å². The van der Waals surface area contributed by atoms with Gasteiger partial charge >= 0.3 is 0 Å². The molecule has 1 nitrogen and oxygen atoms in total. The van der Waals surface area contributed by atoms with E-state index in [4.69, 9.17) is 0 Å². The van der Waals surface area contributed by atoms with E-state index in [1.165, 1.54) is 11.1 Å². The summed E-state index contributed by atoms with van der Waals surface area (Å²) in [5, 5.41) is 10.0. The Morgan fingerprint density at radius 2 is 1.56 bits per heavy atom. The van der Waals surface area contributed by atoms with Crippen LogP contribution < -0.4 is 0 Å². The summed E-state index contributed by atoms with van der Waals surface area (Å²) in [6, 6.07) is 8.58. The van der Waals surface area contributed by atoms with Gasteiger partial charge in [-0.25, -0.2) is 0 Å². The van der Waals surface area contributed by atoms with Crippen LogP contribution in [0.5, 0.6) is 0 Å². The number of hydrogen-bond acceptors (Lipinski definition) is 1. The Bertz CT molecular complexity index is 316. The molecule has 0 fully saturated rings. The number of hydrogen-bond donors (Lipinski definition) is 1. The van der Waals surface area contributed by atoms with Gasteiger partial charge in [-0.05, 0) is 28.9 Å². The Kier molecular flexibility index (Phi) is 4.15. The van der Waals surface area contributed by atoms with Crippen LogP contribution in [0.25, 0.3) is 0 Å². The fourth-order valence-electron chi connectivity index (χ4n) is 1.57. The van der Waals surface area contributed by atoms with Gasteiger partial charge in [-0.1, -0.05) is 58.9 Å². The number of benzene rings is 1. The summed E-state index contributed by atoms with van der Waals surface area (Å²) in [4.78, 5) is 0. The lowest BCUT2D eigenvalue weighted by atomic mass is 9.85. The number of aliphatic hydroxyl groups is 1. The van der Waals surface area contributed by atoms with Crippen molar-refractivity contribution in [3.63, 3.8) is 0 Å². The van der Waals surface area contributed by atoms with Crippen molar-refractivity contribution in [3.8, 4) is 0 Å². The molecular weight excluding hydrogens is 196 g/mol. The van der Waals surface area contributed by atoms with E-state index in [-0.39, 0.29) is 11.5 Å². The predicted molar refractivity (Wildman–Crippen MR) is 69.7 cm³/mol. The second kappa shape index (κ2) is 5.01. The molecule has 1 aromatic carbocycles. The zero-order chi connectivity index (χ0) is 12.3. The quantitative estimate of drug-likeness (QED) is 0.822. The molecule has 0 saturated heterocycles. The van der Waals surface area contributed by atoms with Gasteiger partial charge in [-0.15, -0.1) is 0 Å². The summed E-state index contributed by atoms with van der Waals surface area (Å²) in [6.07, 6.45) is 0.458. The average Bonchev–Trinajstić information content (AvgIpc) is 2.17. The number of aliphatic hydroxyl groups excluding tert-OH is 1. The maximum atomic E-state index is 10.0. The van der Waals surface area contributed by atoms with Crippen molar-refractivity contribution in [2.45, 2.75) is 53.1 Å². The summed E-state index contributed by atoms with van der Waals surface area (Å²) in [5.74, 6) is 0.571. The van der Waals surface area contributed by atoms with Crippen molar-refractivity contribution in [3.05, 3.63) is 35.4 Å². The Hall–Kier alpha value is -0.820. The summed E-state index contributed by atoms with van der Waals surface area (Å²) in [6.45, 7) is 10.6. The van der Waals surface area contributed by atoms with Crippen molar-refractivity contribution in [2.24, 2.45) is 5.41 Å². The van der Waals surface area contributed by atoms with Gasteiger partial charge in [0.1, 0.15) is 0 Å². The number of rotatable bonds is 3. The van der Waals surface area contributed by atoms with E-state index in [9.17, 15) is 5.11 Å². The first-order valence-corrected chi connectivity index (χ1v) is 6.07. The van der Waals surface area contributed by atoms with Gasteiger partial charge in [0.25, 0.3) is 0 Å². The lowest BCUT2D eigenvalue weighted by molar-refractivity contribution is 0.0636. The van der Waals surface area contributed by atoms with Crippen molar-refractivity contribution in [1.29, 1.82) is 0 Å².